The lowest BCUT2D eigenvalue weighted by atomic mass is 10.1. The first-order chi connectivity index (χ1) is 7.27. The summed E-state index contributed by atoms with van der Waals surface area (Å²) in [4.78, 5) is 11.4. The third-order valence-corrected chi connectivity index (χ3v) is 2.84. The van der Waals surface area contributed by atoms with Crippen LogP contribution in [-0.4, -0.2) is 19.0 Å². The Hall–Kier alpha value is -1.06. The van der Waals surface area contributed by atoms with E-state index in [4.69, 9.17) is 11.6 Å². The molecule has 1 unspecified atom stereocenters. The Kier molecular flexibility index (Phi) is 3.23. The number of hydrogen-bond acceptors (Lipinski definition) is 2. The van der Waals surface area contributed by atoms with E-state index >= 15 is 0 Å². The Bertz CT molecular complexity index is 367. The van der Waals surface area contributed by atoms with Crippen LogP contribution in [0, 0.1) is 0 Å². The lowest BCUT2D eigenvalue weighted by Gasteiger charge is -2.17. The molecule has 0 spiro atoms. The van der Waals surface area contributed by atoms with E-state index < -0.39 is 0 Å². The minimum atomic E-state index is -0.0197. The Morgan fingerprint density at radius 3 is 2.93 bits per heavy atom. The Morgan fingerprint density at radius 2 is 2.13 bits per heavy atom. The second-order valence-electron chi connectivity index (χ2n) is 3.60. The van der Waals surface area contributed by atoms with E-state index in [0.717, 1.165) is 18.7 Å². The predicted molar refractivity (Wildman–Crippen MR) is 59.8 cm³/mol. The van der Waals surface area contributed by atoms with Crippen LogP contribution in [0.4, 0.5) is 0 Å². The summed E-state index contributed by atoms with van der Waals surface area (Å²) in [5.74, 6) is 0.0740. The summed E-state index contributed by atoms with van der Waals surface area (Å²) >= 11 is 6.08. The molecule has 2 N–H and O–H groups in total. The zero-order chi connectivity index (χ0) is 10.7. The van der Waals surface area contributed by atoms with Crippen molar-refractivity contribution in [1.82, 2.24) is 10.6 Å². The molecule has 1 saturated heterocycles. The molecule has 1 atom stereocenters. The maximum absolute atomic E-state index is 11.4. The summed E-state index contributed by atoms with van der Waals surface area (Å²) in [6.07, 6.45) is 0.529. The maximum atomic E-state index is 11.4. The van der Waals surface area contributed by atoms with Crippen LogP contribution in [0.25, 0.3) is 0 Å². The molecule has 0 bridgehead atoms. The van der Waals surface area contributed by atoms with Gasteiger partial charge in [0.25, 0.3) is 0 Å². The molecular weight excluding hydrogens is 212 g/mol. The first-order valence-corrected chi connectivity index (χ1v) is 5.39. The van der Waals surface area contributed by atoms with Gasteiger partial charge in [0.2, 0.25) is 5.91 Å². The minimum Gasteiger partial charge on any atom is -0.348 e. The van der Waals surface area contributed by atoms with Gasteiger partial charge in [0.05, 0.1) is 6.04 Å². The fourth-order valence-corrected chi connectivity index (χ4v) is 1.98. The zero-order valence-electron chi connectivity index (χ0n) is 8.29. The Balaban J connectivity index is 2.22. The molecule has 0 aliphatic carbocycles. The Labute approximate surface area is 93.8 Å². The van der Waals surface area contributed by atoms with Crippen LogP contribution >= 0.6 is 11.6 Å². The van der Waals surface area contributed by atoms with Crippen LogP contribution in [0.1, 0.15) is 18.0 Å². The normalized spacial score (nSPS) is 21.9. The summed E-state index contributed by atoms with van der Waals surface area (Å²) in [5.41, 5.74) is 0.974. The average Bonchev–Trinajstić information content (AvgIpc) is 2.43. The molecule has 1 fully saturated rings. The van der Waals surface area contributed by atoms with Gasteiger partial charge in [-0.3, -0.25) is 4.79 Å². The highest BCUT2D eigenvalue weighted by molar-refractivity contribution is 6.31. The highest BCUT2D eigenvalue weighted by Gasteiger charge is 2.19. The summed E-state index contributed by atoms with van der Waals surface area (Å²) < 4.78 is 0. The van der Waals surface area contributed by atoms with Crippen molar-refractivity contribution < 1.29 is 4.79 Å². The van der Waals surface area contributed by atoms with Crippen LogP contribution < -0.4 is 10.6 Å². The van der Waals surface area contributed by atoms with Gasteiger partial charge in [-0.1, -0.05) is 29.8 Å². The van der Waals surface area contributed by atoms with Gasteiger partial charge >= 0.3 is 0 Å². The van der Waals surface area contributed by atoms with Gasteiger partial charge in [0.15, 0.2) is 0 Å². The smallest absolute Gasteiger partial charge is 0.221 e. The summed E-state index contributed by atoms with van der Waals surface area (Å²) in [6.45, 7) is 1.46. The molecule has 0 aromatic heterocycles. The number of hydrogen-bond donors (Lipinski definition) is 2. The fourth-order valence-electron chi connectivity index (χ4n) is 1.71. The topological polar surface area (TPSA) is 41.1 Å². The molecule has 80 valence electrons. The van der Waals surface area contributed by atoms with Crippen molar-refractivity contribution in [1.29, 1.82) is 0 Å². The van der Waals surface area contributed by atoms with E-state index in [1.165, 1.54) is 0 Å². The third kappa shape index (κ3) is 2.49. The van der Waals surface area contributed by atoms with Crippen molar-refractivity contribution in [3.8, 4) is 0 Å². The molecule has 4 heteroatoms. The summed E-state index contributed by atoms with van der Waals surface area (Å²) in [5, 5.41) is 6.86. The highest BCUT2D eigenvalue weighted by atomic mass is 35.5. The number of benzene rings is 1. The quantitative estimate of drug-likeness (QED) is 0.759. The van der Waals surface area contributed by atoms with Gasteiger partial charge in [0.1, 0.15) is 0 Å². The number of amides is 1. The Morgan fingerprint density at radius 1 is 1.33 bits per heavy atom. The van der Waals surface area contributed by atoms with Crippen molar-refractivity contribution >= 4 is 17.5 Å². The van der Waals surface area contributed by atoms with Crippen LogP contribution in [0.5, 0.6) is 0 Å². The molecule has 1 aromatic carbocycles. The number of halogens is 1. The van der Waals surface area contributed by atoms with Gasteiger partial charge in [-0.15, -0.1) is 0 Å². The van der Waals surface area contributed by atoms with Gasteiger partial charge in [0, 0.05) is 24.5 Å². The molecule has 1 aliphatic heterocycles. The van der Waals surface area contributed by atoms with E-state index in [-0.39, 0.29) is 11.9 Å². The zero-order valence-corrected chi connectivity index (χ0v) is 9.05. The second kappa shape index (κ2) is 4.64. The van der Waals surface area contributed by atoms with Gasteiger partial charge in [-0.25, -0.2) is 0 Å². The number of rotatable bonds is 1. The number of carbonyl (C=O) groups is 1. The highest BCUT2D eigenvalue weighted by Crippen LogP contribution is 2.22. The monoisotopic (exact) mass is 224 g/mol. The maximum Gasteiger partial charge on any atom is 0.221 e. The van der Waals surface area contributed by atoms with E-state index in [9.17, 15) is 4.79 Å². The van der Waals surface area contributed by atoms with Crippen molar-refractivity contribution in [2.24, 2.45) is 0 Å². The molecule has 1 heterocycles. The minimum absolute atomic E-state index is 0.0197. The number of nitrogens with one attached hydrogen (secondary N) is 2. The second-order valence-corrected chi connectivity index (χ2v) is 4.00. The standard InChI is InChI=1S/C11H13ClN2O/c12-9-4-2-1-3-8(9)10-7-13-6-5-11(15)14-10/h1-4,10,13H,5-7H2,(H,14,15). The predicted octanol–water partition coefficient (Wildman–Crippen LogP) is 1.49. The van der Waals surface area contributed by atoms with Gasteiger partial charge in [-0.2, -0.15) is 0 Å². The van der Waals surface area contributed by atoms with Crippen molar-refractivity contribution in [2.45, 2.75) is 12.5 Å². The molecular formula is C11H13ClN2O. The molecule has 2 rings (SSSR count). The lowest BCUT2D eigenvalue weighted by molar-refractivity contribution is -0.121. The first kappa shape index (κ1) is 10.5. The molecule has 15 heavy (non-hydrogen) atoms. The van der Waals surface area contributed by atoms with Crippen LogP contribution in [0.2, 0.25) is 5.02 Å². The van der Waals surface area contributed by atoms with Crippen LogP contribution in [0.3, 0.4) is 0 Å². The molecule has 1 aliphatic rings. The number of carbonyl (C=O) groups excluding carboxylic acids is 1. The first-order valence-electron chi connectivity index (χ1n) is 5.02. The average molecular weight is 225 g/mol. The molecule has 1 amide bonds. The fraction of sp³-hybridized carbons (Fsp3) is 0.364. The van der Waals surface area contributed by atoms with Crippen molar-refractivity contribution in [3.05, 3.63) is 34.9 Å². The SMILES string of the molecule is O=C1CCNCC(c2ccccc2Cl)N1. The van der Waals surface area contributed by atoms with Gasteiger partial charge < -0.3 is 10.6 Å². The van der Waals surface area contributed by atoms with Gasteiger partial charge in [-0.05, 0) is 11.6 Å². The largest absolute Gasteiger partial charge is 0.348 e. The van der Waals surface area contributed by atoms with E-state index in [1.54, 1.807) is 0 Å². The summed E-state index contributed by atoms with van der Waals surface area (Å²) in [6, 6.07) is 7.58. The molecule has 3 nitrogen and oxygen atoms in total. The van der Waals surface area contributed by atoms with Crippen LogP contribution in [0.15, 0.2) is 24.3 Å². The van der Waals surface area contributed by atoms with Crippen molar-refractivity contribution in [3.63, 3.8) is 0 Å². The lowest BCUT2D eigenvalue weighted by Crippen LogP contribution is -2.30. The third-order valence-electron chi connectivity index (χ3n) is 2.49. The van der Waals surface area contributed by atoms with Crippen molar-refractivity contribution in [2.75, 3.05) is 13.1 Å². The van der Waals surface area contributed by atoms with Crippen LogP contribution in [-0.2, 0) is 4.79 Å². The molecule has 0 radical (unpaired) electrons. The van der Waals surface area contributed by atoms with E-state index in [2.05, 4.69) is 10.6 Å². The van der Waals surface area contributed by atoms with E-state index in [0.29, 0.717) is 11.4 Å². The molecule has 0 saturated carbocycles. The van der Waals surface area contributed by atoms with E-state index in [1.807, 2.05) is 24.3 Å². The summed E-state index contributed by atoms with van der Waals surface area (Å²) in [7, 11) is 0. The molecule has 1 aromatic rings.